The number of aryl methyl sites for hydroxylation is 1. The summed E-state index contributed by atoms with van der Waals surface area (Å²) in [5.74, 6) is -1.50. The highest BCUT2D eigenvalue weighted by Crippen LogP contribution is 2.24. The van der Waals surface area contributed by atoms with Gasteiger partial charge in [-0.1, -0.05) is 24.6 Å². The van der Waals surface area contributed by atoms with Crippen molar-refractivity contribution < 1.29 is 9.90 Å². The molecule has 1 aromatic rings. The first kappa shape index (κ1) is 17.5. The van der Waals surface area contributed by atoms with Crippen molar-refractivity contribution in [1.82, 2.24) is 4.98 Å². The van der Waals surface area contributed by atoms with Crippen LogP contribution in [-0.2, 0) is 11.2 Å². The monoisotopic (exact) mass is 306 g/mol. The van der Waals surface area contributed by atoms with Gasteiger partial charge in [0.25, 0.3) is 0 Å². The Hall–Kier alpha value is -2.51. The minimum atomic E-state index is -0.912. The Morgan fingerprint density at radius 1 is 1.41 bits per heavy atom. The fourth-order valence-corrected chi connectivity index (χ4v) is 2.40. The number of carbonyl (C=O) groups is 1. The number of hydrogen-bond donors (Lipinski definition) is 4. The maximum atomic E-state index is 11.5. The van der Waals surface area contributed by atoms with Crippen molar-refractivity contribution in [2.45, 2.75) is 32.6 Å². The summed E-state index contributed by atoms with van der Waals surface area (Å²) < 4.78 is 0. The third-order valence-corrected chi connectivity index (χ3v) is 3.54. The molecule has 0 saturated heterocycles. The summed E-state index contributed by atoms with van der Waals surface area (Å²) in [4.78, 5) is 15.5. The molecule has 0 amide bonds. The van der Waals surface area contributed by atoms with Crippen molar-refractivity contribution in [1.29, 1.82) is 5.53 Å². The maximum absolute atomic E-state index is 11.5. The lowest BCUT2D eigenvalue weighted by molar-refractivity contribution is -0.143. The van der Waals surface area contributed by atoms with Crippen molar-refractivity contribution in [3.8, 4) is 0 Å². The van der Waals surface area contributed by atoms with Gasteiger partial charge in [-0.2, -0.15) is 5.53 Å². The molecule has 0 aliphatic heterocycles. The van der Waals surface area contributed by atoms with E-state index in [9.17, 15) is 9.90 Å². The van der Waals surface area contributed by atoms with Gasteiger partial charge in [-0.05, 0) is 30.9 Å². The Labute approximate surface area is 129 Å². The molecule has 22 heavy (non-hydrogen) atoms. The molecule has 8 nitrogen and oxygen atoms in total. The number of nitrogens with one attached hydrogen (secondary N) is 1. The summed E-state index contributed by atoms with van der Waals surface area (Å²) in [6, 6.07) is 3.54. The van der Waals surface area contributed by atoms with Gasteiger partial charge in [0, 0.05) is 12.1 Å². The number of hydrogen-bond acceptors (Lipinski definition) is 5. The molecular weight excluding hydrogens is 284 g/mol. The van der Waals surface area contributed by atoms with Crippen LogP contribution in [0.15, 0.2) is 28.7 Å². The number of rotatable bonds is 9. The van der Waals surface area contributed by atoms with E-state index in [0.29, 0.717) is 25.1 Å². The van der Waals surface area contributed by atoms with Crippen LogP contribution in [0.3, 0.4) is 0 Å². The van der Waals surface area contributed by atoms with Crippen LogP contribution in [0.4, 0.5) is 5.82 Å². The van der Waals surface area contributed by atoms with Gasteiger partial charge in [0.05, 0.1) is 5.92 Å². The molecule has 6 N–H and O–H groups in total. The summed E-state index contributed by atoms with van der Waals surface area (Å²) in [7, 11) is 0. The maximum Gasteiger partial charge on any atom is 0.307 e. The lowest BCUT2D eigenvalue weighted by Gasteiger charge is -2.22. The molecule has 0 fully saturated rings. The number of carboxylic acids is 1. The first-order valence-corrected chi connectivity index (χ1v) is 7.12. The van der Waals surface area contributed by atoms with Crippen LogP contribution < -0.4 is 11.5 Å². The van der Waals surface area contributed by atoms with Crippen molar-refractivity contribution in [3.63, 3.8) is 0 Å². The van der Waals surface area contributed by atoms with Crippen molar-refractivity contribution >= 4 is 17.6 Å². The zero-order valence-corrected chi connectivity index (χ0v) is 12.6. The molecule has 0 spiro atoms. The summed E-state index contributed by atoms with van der Waals surface area (Å²) >= 11 is 0. The van der Waals surface area contributed by atoms with Gasteiger partial charge >= 0.3 is 5.97 Å². The zero-order chi connectivity index (χ0) is 16.5. The first-order chi connectivity index (χ1) is 10.5. The van der Waals surface area contributed by atoms with E-state index in [2.05, 4.69) is 15.3 Å². The molecule has 8 heteroatoms. The molecule has 0 aromatic carbocycles. The average Bonchev–Trinajstić information content (AvgIpc) is 2.48. The Morgan fingerprint density at radius 3 is 2.64 bits per heavy atom. The highest BCUT2D eigenvalue weighted by Gasteiger charge is 2.30. The average molecular weight is 306 g/mol. The quantitative estimate of drug-likeness (QED) is 0.238. The second-order valence-electron chi connectivity index (χ2n) is 5.09. The van der Waals surface area contributed by atoms with Crippen LogP contribution in [-0.4, -0.2) is 21.9 Å². The molecule has 2 unspecified atom stereocenters. The third kappa shape index (κ3) is 5.12. The van der Waals surface area contributed by atoms with Gasteiger partial charge in [0.1, 0.15) is 11.7 Å². The fourth-order valence-electron chi connectivity index (χ4n) is 2.40. The largest absolute Gasteiger partial charge is 0.481 e. The molecule has 1 aromatic heterocycles. The summed E-state index contributed by atoms with van der Waals surface area (Å²) in [6.07, 6.45) is 3.97. The van der Waals surface area contributed by atoms with Gasteiger partial charge in [0.2, 0.25) is 0 Å². The third-order valence-electron chi connectivity index (χ3n) is 3.54. The van der Waals surface area contributed by atoms with Gasteiger partial charge in [-0.25, -0.2) is 4.98 Å². The molecule has 120 valence electrons. The van der Waals surface area contributed by atoms with Gasteiger partial charge < -0.3 is 16.6 Å². The van der Waals surface area contributed by atoms with E-state index in [1.165, 1.54) is 0 Å². The van der Waals surface area contributed by atoms with Crippen LogP contribution in [0.25, 0.3) is 0 Å². The summed E-state index contributed by atoms with van der Waals surface area (Å²) in [5.41, 5.74) is 19.1. The highest BCUT2D eigenvalue weighted by atomic mass is 16.4. The number of aliphatic carboxylic acids is 1. The van der Waals surface area contributed by atoms with Gasteiger partial charge in [0.15, 0.2) is 0 Å². The second kappa shape index (κ2) is 8.71. The summed E-state index contributed by atoms with van der Waals surface area (Å²) in [5, 5.41) is 15.8. The molecule has 1 heterocycles. The molecule has 1 rings (SSSR count). The predicted octanol–water partition coefficient (Wildman–Crippen LogP) is 2.02. The van der Waals surface area contributed by atoms with E-state index >= 15 is 0 Å². The van der Waals surface area contributed by atoms with E-state index in [-0.39, 0.29) is 5.84 Å². The minimum Gasteiger partial charge on any atom is -0.481 e. The van der Waals surface area contributed by atoms with Crippen LogP contribution >= 0.6 is 0 Å². The SMILES string of the molecule is CCCC(C(=O)O)C(CCc1ccc(N)nc1)C(N)=NN=N. The minimum absolute atomic E-state index is 0.0826. The topological polar surface area (TPSA) is 151 Å². The molecule has 2 atom stereocenters. The second-order valence-corrected chi connectivity index (χ2v) is 5.09. The predicted molar refractivity (Wildman–Crippen MR) is 83.3 cm³/mol. The number of aromatic nitrogens is 1. The molecule has 0 aliphatic rings. The van der Waals surface area contributed by atoms with Crippen LogP contribution in [0, 0.1) is 17.4 Å². The van der Waals surface area contributed by atoms with E-state index in [0.717, 1.165) is 12.0 Å². The number of nitrogens with two attached hydrogens (primary N) is 2. The van der Waals surface area contributed by atoms with E-state index < -0.39 is 17.8 Å². The smallest absolute Gasteiger partial charge is 0.307 e. The van der Waals surface area contributed by atoms with Gasteiger partial charge in [-0.15, -0.1) is 5.10 Å². The van der Waals surface area contributed by atoms with Gasteiger partial charge in [-0.3, -0.25) is 4.79 Å². The number of amidine groups is 1. The highest BCUT2D eigenvalue weighted by molar-refractivity contribution is 5.87. The Balaban J connectivity index is 2.89. The fraction of sp³-hybridized carbons (Fsp3) is 0.500. The molecule has 0 aliphatic carbocycles. The molecule has 0 bridgehead atoms. The number of anilines is 1. The van der Waals surface area contributed by atoms with E-state index in [1.807, 2.05) is 13.0 Å². The lowest BCUT2D eigenvalue weighted by Crippen LogP contribution is -2.35. The molecular formula is C14H22N6O2. The number of pyridine rings is 1. The molecule has 0 saturated carbocycles. The Bertz CT molecular complexity index is 529. The zero-order valence-electron chi connectivity index (χ0n) is 12.6. The van der Waals surface area contributed by atoms with Crippen molar-refractivity contribution in [2.75, 3.05) is 5.73 Å². The number of carboxylic acid groups (broad SMARTS) is 1. The van der Waals surface area contributed by atoms with Crippen LogP contribution in [0.5, 0.6) is 0 Å². The van der Waals surface area contributed by atoms with Crippen LogP contribution in [0.2, 0.25) is 0 Å². The summed E-state index contributed by atoms with van der Waals surface area (Å²) in [6.45, 7) is 1.92. The molecule has 0 radical (unpaired) electrons. The van der Waals surface area contributed by atoms with E-state index in [4.69, 9.17) is 17.0 Å². The van der Waals surface area contributed by atoms with Crippen molar-refractivity contribution in [2.24, 2.45) is 27.9 Å². The first-order valence-electron chi connectivity index (χ1n) is 7.12. The Kier molecular flexibility index (Phi) is 6.94. The number of nitrogen functional groups attached to an aromatic ring is 1. The van der Waals surface area contributed by atoms with E-state index in [1.54, 1.807) is 12.3 Å². The normalized spacial score (nSPS) is 14.3. The van der Waals surface area contributed by atoms with Crippen LogP contribution in [0.1, 0.15) is 31.7 Å². The standard InChI is InChI=1S/C14H22N6O2/c1-2-3-11(14(21)22)10(13(16)19-20-17)6-4-9-5-7-12(15)18-8-9/h5,7-8,10-11H,2-4,6H2,1H3,(H2,15,18)(H,21,22)(H3,16,17,19). The lowest BCUT2D eigenvalue weighted by atomic mass is 9.83. The Morgan fingerprint density at radius 2 is 2.14 bits per heavy atom. The van der Waals surface area contributed by atoms with Crippen molar-refractivity contribution in [3.05, 3.63) is 23.9 Å². The number of nitrogens with zero attached hydrogens (tertiary/aromatic N) is 3.